The molecule has 2 rings (SSSR count). The van der Waals surface area contributed by atoms with Crippen LogP contribution in [0.2, 0.25) is 0 Å². The van der Waals surface area contributed by atoms with Crippen molar-refractivity contribution in [1.82, 2.24) is 9.97 Å². The maximum Gasteiger partial charge on any atom is 0.433 e. The van der Waals surface area contributed by atoms with Crippen LogP contribution < -0.4 is 11.1 Å². The summed E-state index contributed by atoms with van der Waals surface area (Å²) in [6, 6.07) is 1.91. The lowest BCUT2D eigenvalue weighted by Crippen LogP contribution is -2.51. The van der Waals surface area contributed by atoms with E-state index in [4.69, 9.17) is 0 Å². The molecule has 24 heavy (non-hydrogen) atoms. The number of halogens is 6. The second-order valence-electron chi connectivity index (χ2n) is 4.77. The van der Waals surface area contributed by atoms with E-state index in [1.165, 1.54) is 0 Å². The molecule has 0 aliphatic rings. The Balaban J connectivity index is 2.60. The van der Waals surface area contributed by atoms with Crippen LogP contribution in [0, 0.1) is 0 Å². The highest BCUT2D eigenvalue weighted by atomic mass is 19.4. The van der Waals surface area contributed by atoms with Crippen LogP contribution in [0.4, 0.5) is 32.2 Å². The molecule has 2 aromatic rings. The minimum absolute atomic E-state index is 0.0313. The Morgan fingerprint density at radius 1 is 1.08 bits per heavy atom. The first-order valence-electron chi connectivity index (χ1n) is 6.57. The fraction of sp³-hybridized carbons (Fsp3) is 0.308. The van der Waals surface area contributed by atoms with Crippen LogP contribution in [0.25, 0.3) is 11.0 Å². The molecule has 0 aliphatic heterocycles. The number of anilines is 1. The van der Waals surface area contributed by atoms with Crippen LogP contribution in [0.3, 0.4) is 0 Å². The van der Waals surface area contributed by atoms with Gasteiger partial charge in [-0.1, -0.05) is 0 Å². The quantitative estimate of drug-likeness (QED) is 0.831. The molecular formula is C13H11F6N4O+. The number of aromatic nitrogens is 2. The number of carbonyl (C=O) groups is 1. The van der Waals surface area contributed by atoms with Crippen LogP contribution in [-0.2, 0) is 17.1 Å². The van der Waals surface area contributed by atoms with Crippen molar-refractivity contribution in [3.8, 4) is 0 Å². The minimum atomic E-state index is -5.07. The molecule has 0 spiro atoms. The van der Waals surface area contributed by atoms with Gasteiger partial charge in [0.1, 0.15) is 11.5 Å². The van der Waals surface area contributed by atoms with E-state index in [9.17, 15) is 31.1 Å². The van der Waals surface area contributed by atoms with E-state index in [1.807, 2.05) is 0 Å². The number of hydrogen-bond acceptors (Lipinski definition) is 3. The summed E-state index contributed by atoms with van der Waals surface area (Å²) in [6.07, 6.45) is -10.0. The number of nitrogens with one attached hydrogen (secondary N) is 1. The fourth-order valence-corrected chi connectivity index (χ4v) is 1.92. The number of alkyl halides is 6. The lowest BCUT2D eigenvalue weighted by atomic mass is 10.1. The van der Waals surface area contributed by atoms with E-state index in [1.54, 1.807) is 0 Å². The van der Waals surface area contributed by atoms with Crippen molar-refractivity contribution in [2.75, 3.05) is 11.9 Å². The van der Waals surface area contributed by atoms with Crippen molar-refractivity contribution in [2.24, 2.45) is 0 Å². The molecule has 1 amide bonds. The van der Waals surface area contributed by atoms with E-state index < -0.39 is 40.6 Å². The van der Waals surface area contributed by atoms with Crippen molar-refractivity contribution >= 4 is 22.8 Å². The third-order valence-electron chi connectivity index (χ3n) is 2.94. The number of pyridine rings is 2. The molecule has 0 atom stereocenters. The smallest absolute Gasteiger partial charge is 0.357 e. The molecule has 5 nitrogen and oxygen atoms in total. The van der Waals surface area contributed by atoms with Crippen molar-refractivity contribution in [3.63, 3.8) is 0 Å². The topological polar surface area (TPSA) is 82.5 Å². The summed E-state index contributed by atoms with van der Waals surface area (Å²) in [4.78, 5) is 18.1. The van der Waals surface area contributed by atoms with Gasteiger partial charge < -0.3 is 11.1 Å². The molecule has 0 saturated carbocycles. The lowest BCUT2D eigenvalue weighted by molar-refractivity contribution is -0.365. The first-order valence-corrected chi connectivity index (χ1v) is 6.57. The number of hydrogen-bond donors (Lipinski definition) is 2. The lowest BCUT2D eigenvalue weighted by Gasteiger charge is -2.14. The Morgan fingerprint density at radius 3 is 2.29 bits per heavy atom. The average Bonchev–Trinajstić information content (AvgIpc) is 2.44. The van der Waals surface area contributed by atoms with Gasteiger partial charge in [0.15, 0.2) is 5.65 Å². The van der Waals surface area contributed by atoms with Gasteiger partial charge in [0.05, 0.1) is 18.5 Å². The molecule has 0 unspecified atom stereocenters. The molecular weight excluding hydrogens is 342 g/mol. The van der Waals surface area contributed by atoms with Gasteiger partial charge in [-0.15, -0.1) is 0 Å². The van der Waals surface area contributed by atoms with Crippen LogP contribution in [0.15, 0.2) is 18.2 Å². The number of fused-ring (bicyclic) bond motifs is 1. The SMILES string of the molecule is [NH3+]CCC(=O)Nc1ccc2c(C(F)(F)F)cc(C(F)(F)F)nc2n1. The number of nitrogens with zero attached hydrogens (tertiary/aromatic N) is 2. The highest BCUT2D eigenvalue weighted by Gasteiger charge is 2.39. The normalized spacial score (nSPS) is 12.5. The van der Waals surface area contributed by atoms with Gasteiger partial charge in [0.25, 0.3) is 0 Å². The number of rotatable bonds is 3. The number of amides is 1. The van der Waals surface area contributed by atoms with E-state index in [0.29, 0.717) is 0 Å². The van der Waals surface area contributed by atoms with Gasteiger partial charge in [-0.3, -0.25) is 4.79 Å². The van der Waals surface area contributed by atoms with Crippen LogP contribution in [0.5, 0.6) is 0 Å². The first kappa shape index (κ1) is 17.9. The highest BCUT2D eigenvalue weighted by molar-refractivity contribution is 5.91. The summed E-state index contributed by atoms with van der Waals surface area (Å²) in [5, 5.41) is 1.67. The maximum absolute atomic E-state index is 13.0. The Bertz CT molecular complexity index is 771. The molecule has 0 bridgehead atoms. The van der Waals surface area contributed by atoms with Gasteiger partial charge in [0.2, 0.25) is 5.91 Å². The van der Waals surface area contributed by atoms with Gasteiger partial charge in [-0.25, -0.2) is 9.97 Å². The predicted molar refractivity (Wildman–Crippen MR) is 70.5 cm³/mol. The number of carbonyl (C=O) groups excluding carboxylic acids is 1. The van der Waals surface area contributed by atoms with Crippen LogP contribution in [0.1, 0.15) is 17.7 Å². The molecule has 0 aromatic carbocycles. The van der Waals surface area contributed by atoms with E-state index in [2.05, 4.69) is 21.0 Å². The average molecular weight is 353 g/mol. The highest BCUT2D eigenvalue weighted by Crippen LogP contribution is 2.38. The Kier molecular flexibility index (Phi) is 4.65. The molecule has 0 aliphatic carbocycles. The third-order valence-corrected chi connectivity index (χ3v) is 2.94. The summed E-state index contributed by atoms with van der Waals surface area (Å²) >= 11 is 0. The second-order valence-corrected chi connectivity index (χ2v) is 4.77. The van der Waals surface area contributed by atoms with Gasteiger partial charge in [0, 0.05) is 5.39 Å². The molecule has 0 radical (unpaired) electrons. The summed E-state index contributed by atoms with van der Waals surface area (Å²) in [5.41, 5.74) is -0.518. The summed E-state index contributed by atoms with van der Waals surface area (Å²) in [7, 11) is 0. The van der Waals surface area contributed by atoms with Crippen molar-refractivity contribution < 1.29 is 36.9 Å². The molecule has 0 fully saturated rings. The van der Waals surface area contributed by atoms with E-state index in [-0.39, 0.29) is 24.8 Å². The molecule has 130 valence electrons. The van der Waals surface area contributed by atoms with Crippen LogP contribution >= 0.6 is 0 Å². The predicted octanol–water partition coefficient (Wildman–Crippen LogP) is 2.24. The van der Waals surface area contributed by atoms with E-state index in [0.717, 1.165) is 12.1 Å². The molecule has 4 N–H and O–H groups in total. The zero-order chi connectivity index (χ0) is 18.1. The minimum Gasteiger partial charge on any atom is -0.357 e. The first-order chi connectivity index (χ1) is 11.0. The number of quaternary nitrogens is 1. The molecule has 0 saturated heterocycles. The largest absolute Gasteiger partial charge is 0.433 e. The Morgan fingerprint density at radius 2 is 1.75 bits per heavy atom. The summed E-state index contributed by atoms with van der Waals surface area (Å²) in [5.74, 6) is -0.708. The monoisotopic (exact) mass is 353 g/mol. The van der Waals surface area contributed by atoms with Gasteiger partial charge >= 0.3 is 12.4 Å². The molecule has 2 heterocycles. The van der Waals surface area contributed by atoms with Crippen molar-refractivity contribution in [2.45, 2.75) is 18.8 Å². The Labute approximate surface area is 130 Å². The fourth-order valence-electron chi connectivity index (χ4n) is 1.92. The molecule has 2 aromatic heterocycles. The Hall–Kier alpha value is -2.43. The zero-order valence-electron chi connectivity index (χ0n) is 11.9. The van der Waals surface area contributed by atoms with Crippen molar-refractivity contribution in [1.29, 1.82) is 0 Å². The van der Waals surface area contributed by atoms with E-state index >= 15 is 0 Å². The third kappa shape index (κ3) is 3.91. The zero-order valence-corrected chi connectivity index (χ0v) is 11.9. The van der Waals surface area contributed by atoms with Gasteiger partial charge in [-0.05, 0) is 18.2 Å². The standard InChI is InChI=1S/C13H10F6N4O/c14-12(15,16)7-5-8(13(17,18)19)21-11-6(7)1-2-9(23-11)22-10(24)3-4-20/h1-2,5H,3-4,20H2,(H,21,22,23,24)/p+1. The van der Waals surface area contributed by atoms with Gasteiger partial charge in [-0.2, -0.15) is 26.3 Å². The van der Waals surface area contributed by atoms with Crippen LogP contribution in [-0.4, -0.2) is 22.4 Å². The summed E-state index contributed by atoms with van der Waals surface area (Å²) < 4.78 is 77.3. The van der Waals surface area contributed by atoms with Crippen molar-refractivity contribution in [3.05, 3.63) is 29.5 Å². The second kappa shape index (κ2) is 6.23. The summed E-state index contributed by atoms with van der Waals surface area (Å²) in [6.45, 7) is 0.272. The molecule has 11 heteroatoms. The maximum atomic E-state index is 13.0.